The number of carbonyl (C=O) groups excluding carboxylic acids is 1. The van der Waals surface area contributed by atoms with Gasteiger partial charge < -0.3 is 15.0 Å². The Bertz CT molecular complexity index is 449. The number of urea groups is 1. The van der Waals surface area contributed by atoms with E-state index in [2.05, 4.69) is 10.3 Å². The van der Waals surface area contributed by atoms with E-state index in [1.54, 1.807) is 12.4 Å². The first-order chi connectivity index (χ1) is 9.74. The van der Waals surface area contributed by atoms with Crippen LogP contribution in [0.2, 0.25) is 0 Å². The van der Waals surface area contributed by atoms with Gasteiger partial charge in [-0.15, -0.1) is 0 Å². The van der Waals surface area contributed by atoms with Gasteiger partial charge in [-0.1, -0.05) is 0 Å². The summed E-state index contributed by atoms with van der Waals surface area (Å²) in [6.45, 7) is 3.41. The number of carbonyl (C=O) groups is 1. The van der Waals surface area contributed by atoms with Gasteiger partial charge in [-0.25, -0.2) is 4.79 Å². The van der Waals surface area contributed by atoms with Crippen LogP contribution < -0.4 is 5.32 Å². The summed E-state index contributed by atoms with van der Waals surface area (Å²) in [7, 11) is 0. The summed E-state index contributed by atoms with van der Waals surface area (Å²) >= 11 is 0. The van der Waals surface area contributed by atoms with E-state index >= 15 is 0 Å². The molecule has 5 heteroatoms. The van der Waals surface area contributed by atoms with Crippen LogP contribution in [-0.2, 0) is 11.2 Å². The molecule has 3 atom stereocenters. The maximum atomic E-state index is 12.4. The third kappa shape index (κ3) is 2.77. The van der Waals surface area contributed by atoms with Crippen molar-refractivity contribution in [3.8, 4) is 0 Å². The molecule has 2 fully saturated rings. The molecule has 0 spiro atoms. The molecule has 20 heavy (non-hydrogen) atoms. The van der Waals surface area contributed by atoms with Crippen LogP contribution in [0.15, 0.2) is 24.5 Å². The largest absolute Gasteiger partial charge is 0.377 e. The van der Waals surface area contributed by atoms with Gasteiger partial charge in [0.2, 0.25) is 0 Å². The zero-order valence-corrected chi connectivity index (χ0v) is 11.8. The van der Waals surface area contributed by atoms with Crippen LogP contribution in [0.4, 0.5) is 4.79 Å². The second-order valence-electron chi connectivity index (χ2n) is 5.74. The number of pyridine rings is 1. The molecule has 0 radical (unpaired) electrons. The summed E-state index contributed by atoms with van der Waals surface area (Å²) in [5.74, 6) is 0. The summed E-state index contributed by atoms with van der Waals surface area (Å²) < 4.78 is 5.51. The predicted molar refractivity (Wildman–Crippen MR) is 75.4 cm³/mol. The molecule has 3 rings (SSSR count). The maximum absolute atomic E-state index is 12.4. The highest BCUT2D eigenvalue weighted by Gasteiger charge is 2.40. The minimum absolute atomic E-state index is 0.0577. The first-order valence-corrected chi connectivity index (χ1v) is 7.29. The second-order valence-corrected chi connectivity index (χ2v) is 5.74. The fourth-order valence-electron chi connectivity index (χ4n) is 3.17. The van der Waals surface area contributed by atoms with Crippen molar-refractivity contribution in [3.05, 3.63) is 30.1 Å². The minimum Gasteiger partial charge on any atom is -0.377 e. The highest BCUT2D eigenvalue weighted by molar-refractivity contribution is 5.75. The quantitative estimate of drug-likeness (QED) is 0.911. The van der Waals surface area contributed by atoms with Gasteiger partial charge in [-0.2, -0.15) is 0 Å². The number of rotatable bonds is 3. The van der Waals surface area contributed by atoms with E-state index < -0.39 is 0 Å². The zero-order valence-electron chi connectivity index (χ0n) is 11.8. The molecular formula is C15H21N3O2. The van der Waals surface area contributed by atoms with Gasteiger partial charge in [-0.3, -0.25) is 4.98 Å². The van der Waals surface area contributed by atoms with Gasteiger partial charge in [0, 0.05) is 18.4 Å². The number of morpholine rings is 1. The molecule has 3 heterocycles. The summed E-state index contributed by atoms with van der Waals surface area (Å²) in [6, 6.07) is 4.68. The van der Waals surface area contributed by atoms with Crippen LogP contribution in [0.1, 0.15) is 25.3 Å². The highest BCUT2D eigenvalue weighted by Crippen LogP contribution is 2.28. The van der Waals surface area contributed by atoms with Crippen LogP contribution in [0.25, 0.3) is 0 Å². The van der Waals surface area contributed by atoms with Crippen LogP contribution >= 0.6 is 0 Å². The van der Waals surface area contributed by atoms with E-state index in [4.69, 9.17) is 4.74 Å². The first kappa shape index (κ1) is 13.4. The average Bonchev–Trinajstić information content (AvgIpc) is 2.70. The molecule has 1 N–H and O–H groups in total. The van der Waals surface area contributed by atoms with Gasteiger partial charge in [0.25, 0.3) is 0 Å². The van der Waals surface area contributed by atoms with Crippen molar-refractivity contribution >= 4 is 6.03 Å². The van der Waals surface area contributed by atoms with Crippen molar-refractivity contribution in [2.75, 3.05) is 13.2 Å². The molecular weight excluding hydrogens is 254 g/mol. The predicted octanol–water partition coefficient (Wildman–Crippen LogP) is 1.59. The number of ether oxygens (including phenoxy) is 1. The minimum atomic E-state index is 0.0577. The van der Waals surface area contributed by atoms with Crippen LogP contribution in [0.3, 0.4) is 0 Å². The molecule has 5 nitrogen and oxygen atoms in total. The van der Waals surface area contributed by atoms with Crippen molar-refractivity contribution in [2.24, 2.45) is 0 Å². The molecule has 108 valence electrons. The lowest BCUT2D eigenvalue weighted by Crippen LogP contribution is -2.54. The monoisotopic (exact) mass is 275 g/mol. The number of nitrogens with zero attached hydrogens (tertiary/aromatic N) is 2. The Morgan fingerprint density at radius 1 is 1.40 bits per heavy atom. The van der Waals surface area contributed by atoms with Crippen LogP contribution in [0, 0.1) is 0 Å². The number of hydrogen-bond donors (Lipinski definition) is 1. The molecule has 2 aliphatic rings. The number of hydrogen-bond acceptors (Lipinski definition) is 3. The lowest BCUT2D eigenvalue weighted by Gasteiger charge is -2.35. The van der Waals surface area contributed by atoms with E-state index in [1.165, 1.54) is 5.56 Å². The fraction of sp³-hybridized carbons (Fsp3) is 0.600. The van der Waals surface area contributed by atoms with Crippen molar-refractivity contribution in [1.29, 1.82) is 0 Å². The number of amides is 2. The third-order valence-corrected chi connectivity index (χ3v) is 4.14. The summed E-state index contributed by atoms with van der Waals surface area (Å²) in [4.78, 5) is 18.4. The van der Waals surface area contributed by atoms with Crippen molar-refractivity contribution in [2.45, 2.75) is 44.3 Å². The molecule has 0 aromatic carbocycles. The number of fused-ring (bicyclic) bond motifs is 2. The average molecular weight is 275 g/mol. The van der Waals surface area contributed by atoms with Crippen molar-refractivity contribution < 1.29 is 9.53 Å². The van der Waals surface area contributed by atoms with Gasteiger partial charge in [-0.05, 0) is 43.9 Å². The molecule has 2 saturated heterocycles. The summed E-state index contributed by atoms with van der Waals surface area (Å²) in [6.07, 6.45) is 6.53. The molecule has 3 unspecified atom stereocenters. The number of nitrogens with one attached hydrogen (secondary N) is 1. The topological polar surface area (TPSA) is 54.5 Å². The first-order valence-electron chi connectivity index (χ1n) is 7.29. The molecule has 0 aliphatic carbocycles. The Morgan fingerprint density at radius 2 is 2.05 bits per heavy atom. The van der Waals surface area contributed by atoms with Gasteiger partial charge in [0.15, 0.2) is 0 Å². The Morgan fingerprint density at radius 3 is 2.70 bits per heavy atom. The van der Waals surface area contributed by atoms with E-state index in [1.807, 2.05) is 24.0 Å². The highest BCUT2D eigenvalue weighted by atomic mass is 16.5. The van der Waals surface area contributed by atoms with E-state index in [0.717, 1.165) is 19.3 Å². The van der Waals surface area contributed by atoms with Crippen molar-refractivity contribution in [1.82, 2.24) is 15.2 Å². The molecule has 1 aromatic heterocycles. The Balaban J connectivity index is 1.56. The van der Waals surface area contributed by atoms with Crippen molar-refractivity contribution in [3.63, 3.8) is 0 Å². The Kier molecular flexibility index (Phi) is 3.87. The van der Waals surface area contributed by atoms with Crippen LogP contribution in [-0.4, -0.2) is 47.3 Å². The summed E-state index contributed by atoms with van der Waals surface area (Å²) in [5, 5.41) is 3.11. The zero-order chi connectivity index (χ0) is 13.9. The Labute approximate surface area is 119 Å². The fourth-order valence-corrected chi connectivity index (χ4v) is 3.17. The smallest absolute Gasteiger partial charge is 0.318 e. The Hall–Kier alpha value is -1.62. The number of aromatic nitrogens is 1. The SMILES string of the molecule is CC(Cc1ccncc1)NC(=O)N1C2CCC1COC2. The van der Waals surface area contributed by atoms with E-state index in [-0.39, 0.29) is 24.2 Å². The summed E-state index contributed by atoms with van der Waals surface area (Å²) in [5.41, 5.74) is 1.19. The van der Waals surface area contributed by atoms with Crippen LogP contribution in [0.5, 0.6) is 0 Å². The van der Waals surface area contributed by atoms with Gasteiger partial charge >= 0.3 is 6.03 Å². The van der Waals surface area contributed by atoms with E-state index in [9.17, 15) is 4.79 Å². The maximum Gasteiger partial charge on any atom is 0.318 e. The van der Waals surface area contributed by atoms with E-state index in [0.29, 0.717) is 13.2 Å². The van der Waals surface area contributed by atoms with Gasteiger partial charge in [0.1, 0.15) is 0 Å². The standard InChI is InChI=1S/C15H21N3O2/c1-11(8-12-4-6-16-7-5-12)17-15(19)18-13-2-3-14(18)10-20-9-13/h4-7,11,13-14H,2-3,8-10H2,1H3,(H,17,19). The normalized spacial score (nSPS) is 26.4. The molecule has 1 aromatic rings. The molecule has 2 aliphatic heterocycles. The molecule has 2 amide bonds. The van der Waals surface area contributed by atoms with Gasteiger partial charge in [0.05, 0.1) is 25.3 Å². The lowest BCUT2D eigenvalue weighted by atomic mass is 10.1. The third-order valence-electron chi connectivity index (χ3n) is 4.14. The lowest BCUT2D eigenvalue weighted by molar-refractivity contribution is 0.00591. The second kappa shape index (κ2) is 5.79. The molecule has 0 saturated carbocycles. The molecule has 2 bridgehead atoms.